The van der Waals surface area contributed by atoms with Crippen molar-refractivity contribution >= 4 is 16.8 Å². The van der Waals surface area contributed by atoms with Gasteiger partial charge in [-0.25, -0.2) is 0 Å². The van der Waals surface area contributed by atoms with Crippen LogP contribution >= 0.6 is 11.8 Å². The van der Waals surface area contributed by atoms with Gasteiger partial charge in [0.05, 0.1) is 5.04 Å². The molecule has 0 aliphatic carbocycles. The standard InChI is InChI=1S/C4H6N2O2S/c1-3-5-2-4(9-3)6(7)8/h4H,2H2,1H3. The van der Waals surface area contributed by atoms with Gasteiger partial charge in [0.15, 0.2) is 0 Å². The summed E-state index contributed by atoms with van der Waals surface area (Å²) >= 11 is 1.22. The lowest BCUT2D eigenvalue weighted by molar-refractivity contribution is -0.491. The van der Waals surface area contributed by atoms with E-state index in [0.717, 1.165) is 5.04 Å². The number of aliphatic imine (C=N–C) groups is 1. The molecule has 0 aromatic rings. The molecule has 1 aliphatic heterocycles. The van der Waals surface area contributed by atoms with Crippen LogP contribution in [-0.2, 0) is 0 Å². The van der Waals surface area contributed by atoms with Gasteiger partial charge in [0, 0.05) is 4.92 Å². The fourth-order valence-corrected chi connectivity index (χ4v) is 1.37. The molecule has 1 unspecified atom stereocenters. The highest BCUT2D eigenvalue weighted by Gasteiger charge is 2.26. The lowest BCUT2D eigenvalue weighted by Crippen LogP contribution is -2.15. The molecule has 50 valence electrons. The van der Waals surface area contributed by atoms with Crippen molar-refractivity contribution in [3.05, 3.63) is 10.1 Å². The molecule has 0 spiro atoms. The second-order valence-corrected chi connectivity index (χ2v) is 3.09. The average Bonchev–Trinajstić information content (AvgIpc) is 2.14. The minimum Gasteiger partial charge on any atom is -0.275 e. The van der Waals surface area contributed by atoms with E-state index >= 15 is 0 Å². The Morgan fingerprint density at radius 3 is 2.89 bits per heavy atom. The molecule has 4 nitrogen and oxygen atoms in total. The van der Waals surface area contributed by atoms with Crippen LogP contribution in [0.2, 0.25) is 0 Å². The zero-order valence-electron chi connectivity index (χ0n) is 4.90. The number of nitrogens with zero attached hydrogens (tertiary/aromatic N) is 2. The fourth-order valence-electron chi connectivity index (χ4n) is 0.588. The van der Waals surface area contributed by atoms with Crippen LogP contribution in [-0.4, -0.2) is 21.9 Å². The number of hydrogen-bond acceptors (Lipinski definition) is 4. The summed E-state index contributed by atoms with van der Waals surface area (Å²) in [6.45, 7) is 2.12. The van der Waals surface area contributed by atoms with Crippen LogP contribution < -0.4 is 0 Å². The van der Waals surface area contributed by atoms with E-state index in [1.807, 2.05) is 0 Å². The second kappa shape index (κ2) is 2.34. The Morgan fingerprint density at radius 2 is 2.67 bits per heavy atom. The van der Waals surface area contributed by atoms with Gasteiger partial charge < -0.3 is 0 Å². The van der Waals surface area contributed by atoms with E-state index in [1.165, 1.54) is 11.8 Å². The van der Waals surface area contributed by atoms with E-state index in [-0.39, 0.29) is 4.92 Å². The Hall–Kier alpha value is -0.580. The van der Waals surface area contributed by atoms with Crippen LogP contribution in [0, 0.1) is 10.1 Å². The highest BCUT2D eigenvalue weighted by atomic mass is 32.2. The Morgan fingerprint density at radius 1 is 2.00 bits per heavy atom. The first-order chi connectivity index (χ1) is 4.20. The van der Waals surface area contributed by atoms with Crippen LogP contribution in [0.3, 0.4) is 0 Å². The zero-order valence-corrected chi connectivity index (χ0v) is 5.72. The first-order valence-electron chi connectivity index (χ1n) is 2.51. The number of nitro groups is 1. The first kappa shape index (κ1) is 6.54. The van der Waals surface area contributed by atoms with E-state index in [2.05, 4.69) is 4.99 Å². The normalized spacial score (nSPS) is 25.9. The maximum absolute atomic E-state index is 10.1. The van der Waals surface area contributed by atoms with Crippen molar-refractivity contribution in [1.82, 2.24) is 0 Å². The topological polar surface area (TPSA) is 55.5 Å². The van der Waals surface area contributed by atoms with Gasteiger partial charge in [0.1, 0.15) is 6.54 Å². The first-order valence-corrected chi connectivity index (χ1v) is 3.39. The molecular formula is C4H6N2O2S. The summed E-state index contributed by atoms with van der Waals surface area (Å²) in [7, 11) is 0. The highest BCUT2D eigenvalue weighted by Crippen LogP contribution is 2.20. The third-order valence-corrected chi connectivity index (χ3v) is 2.08. The molecule has 0 saturated carbocycles. The monoisotopic (exact) mass is 146 g/mol. The van der Waals surface area contributed by atoms with Gasteiger partial charge in [-0.05, 0) is 18.7 Å². The largest absolute Gasteiger partial charge is 0.282 e. The van der Waals surface area contributed by atoms with E-state index < -0.39 is 5.37 Å². The van der Waals surface area contributed by atoms with Crippen molar-refractivity contribution in [2.75, 3.05) is 6.54 Å². The summed E-state index contributed by atoms with van der Waals surface area (Å²) in [4.78, 5) is 13.6. The van der Waals surface area contributed by atoms with E-state index in [4.69, 9.17) is 0 Å². The van der Waals surface area contributed by atoms with Crippen molar-refractivity contribution < 1.29 is 4.92 Å². The van der Waals surface area contributed by atoms with Crippen molar-refractivity contribution in [2.24, 2.45) is 4.99 Å². The molecule has 1 aliphatic rings. The molecule has 0 amide bonds. The van der Waals surface area contributed by atoms with E-state index in [0.29, 0.717) is 6.54 Å². The Bertz CT molecular complexity index is 168. The number of hydrogen-bond donors (Lipinski definition) is 0. The highest BCUT2D eigenvalue weighted by molar-refractivity contribution is 8.14. The molecule has 1 rings (SSSR count). The van der Waals surface area contributed by atoms with Crippen LogP contribution in [0.25, 0.3) is 0 Å². The van der Waals surface area contributed by atoms with Gasteiger partial charge in [-0.2, -0.15) is 0 Å². The molecule has 0 N–H and O–H groups in total. The summed E-state index contributed by atoms with van der Waals surface area (Å²) in [5.41, 5.74) is 0. The minimum atomic E-state index is -0.523. The maximum Gasteiger partial charge on any atom is 0.282 e. The number of thioether (sulfide) groups is 1. The van der Waals surface area contributed by atoms with Gasteiger partial charge in [0.25, 0.3) is 5.37 Å². The van der Waals surface area contributed by atoms with Gasteiger partial charge >= 0.3 is 0 Å². The molecule has 9 heavy (non-hydrogen) atoms. The summed E-state index contributed by atoms with van der Waals surface area (Å²) in [5.74, 6) is 0. The molecule has 0 aromatic heterocycles. The van der Waals surface area contributed by atoms with Crippen LogP contribution in [0.1, 0.15) is 6.92 Å². The zero-order chi connectivity index (χ0) is 6.85. The third kappa shape index (κ3) is 1.41. The average molecular weight is 146 g/mol. The lowest BCUT2D eigenvalue weighted by atomic mass is 10.6. The predicted molar refractivity (Wildman–Crippen MR) is 36.3 cm³/mol. The molecule has 5 heteroatoms. The molecule has 0 radical (unpaired) electrons. The summed E-state index contributed by atoms with van der Waals surface area (Å²) in [6.07, 6.45) is 0. The van der Waals surface area contributed by atoms with Crippen LogP contribution in [0.5, 0.6) is 0 Å². The Labute approximate surface area is 56.5 Å². The summed E-state index contributed by atoms with van der Waals surface area (Å²) < 4.78 is 0. The maximum atomic E-state index is 10.1. The van der Waals surface area contributed by atoms with Gasteiger partial charge in [-0.15, -0.1) is 0 Å². The smallest absolute Gasteiger partial charge is 0.275 e. The minimum absolute atomic E-state index is 0.301. The van der Waals surface area contributed by atoms with Crippen LogP contribution in [0.4, 0.5) is 0 Å². The molecule has 0 fully saturated rings. The lowest BCUT2D eigenvalue weighted by Gasteiger charge is -1.94. The van der Waals surface area contributed by atoms with Gasteiger partial charge in [-0.3, -0.25) is 15.1 Å². The molecule has 1 heterocycles. The van der Waals surface area contributed by atoms with Crippen molar-refractivity contribution in [3.8, 4) is 0 Å². The van der Waals surface area contributed by atoms with Crippen molar-refractivity contribution in [2.45, 2.75) is 12.3 Å². The molecule has 0 aromatic carbocycles. The number of rotatable bonds is 1. The van der Waals surface area contributed by atoms with Gasteiger partial charge in [0.2, 0.25) is 0 Å². The molecular weight excluding hydrogens is 140 g/mol. The second-order valence-electron chi connectivity index (χ2n) is 1.72. The Balaban J connectivity index is 2.47. The van der Waals surface area contributed by atoms with Crippen LogP contribution in [0.15, 0.2) is 4.99 Å². The van der Waals surface area contributed by atoms with Gasteiger partial charge in [-0.1, -0.05) is 0 Å². The Kier molecular flexibility index (Phi) is 1.70. The summed E-state index contributed by atoms with van der Waals surface area (Å²) in [6, 6.07) is 0. The summed E-state index contributed by atoms with van der Waals surface area (Å²) in [5, 5.41) is 10.4. The quantitative estimate of drug-likeness (QED) is 0.405. The SMILES string of the molecule is CC1=NCC([N+](=O)[O-])S1. The molecule has 0 saturated heterocycles. The molecule has 1 atom stereocenters. The third-order valence-electron chi connectivity index (χ3n) is 1.01. The van der Waals surface area contributed by atoms with E-state index in [9.17, 15) is 10.1 Å². The van der Waals surface area contributed by atoms with Crippen molar-refractivity contribution in [3.63, 3.8) is 0 Å². The molecule has 0 bridgehead atoms. The van der Waals surface area contributed by atoms with E-state index in [1.54, 1.807) is 6.92 Å². The van der Waals surface area contributed by atoms with Crippen molar-refractivity contribution in [1.29, 1.82) is 0 Å². The predicted octanol–water partition coefficient (Wildman–Crippen LogP) is 0.754. The fraction of sp³-hybridized carbons (Fsp3) is 0.750.